The molecule has 0 bridgehead atoms. The molecule has 0 aromatic heterocycles. The molecule has 3 nitrogen and oxygen atoms in total. The third-order valence-electron chi connectivity index (χ3n) is 5.18. The van der Waals surface area contributed by atoms with Gasteiger partial charge in [0.25, 0.3) is 0 Å². The molecule has 0 heterocycles. The fraction of sp³-hybridized carbons (Fsp3) is 0.826. The molecule has 2 N–H and O–H groups in total. The maximum atomic E-state index is 10.1. The zero-order valence-electron chi connectivity index (χ0n) is 17.1. The summed E-state index contributed by atoms with van der Waals surface area (Å²) in [6.07, 6.45) is 25.1. The average molecular weight is 367 g/mol. The van der Waals surface area contributed by atoms with Gasteiger partial charge in [0.15, 0.2) is 5.79 Å². The molecule has 0 radical (unpaired) electrons. The van der Waals surface area contributed by atoms with Crippen molar-refractivity contribution in [3.8, 4) is 0 Å². The van der Waals surface area contributed by atoms with E-state index >= 15 is 0 Å². The summed E-state index contributed by atoms with van der Waals surface area (Å²) in [7, 11) is 0. The minimum Gasteiger partial charge on any atom is -0.512 e. The van der Waals surface area contributed by atoms with Crippen molar-refractivity contribution in [2.45, 2.75) is 115 Å². The fourth-order valence-corrected chi connectivity index (χ4v) is 3.51. The predicted molar refractivity (Wildman–Crippen MR) is 110 cm³/mol. The van der Waals surface area contributed by atoms with E-state index in [4.69, 9.17) is 4.74 Å². The van der Waals surface area contributed by atoms with Crippen molar-refractivity contribution >= 4 is 0 Å². The average Bonchev–Trinajstić information content (AvgIpc) is 2.61. The molecule has 1 rings (SSSR count). The normalized spacial score (nSPS) is 19.7. The highest BCUT2D eigenvalue weighted by Crippen LogP contribution is 2.23. The van der Waals surface area contributed by atoms with Gasteiger partial charge in [-0.3, -0.25) is 0 Å². The summed E-state index contributed by atoms with van der Waals surface area (Å²) in [5, 5.41) is 19.6. The van der Waals surface area contributed by atoms with Gasteiger partial charge in [-0.2, -0.15) is 0 Å². The first-order valence-electron chi connectivity index (χ1n) is 11.1. The van der Waals surface area contributed by atoms with E-state index in [-0.39, 0.29) is 12.2 Å². The number of hydrogen-bond acceptors (Lipinski definition) is 3. The van der Waals surface area contributed by atoms with Crippen LogP contribution in [-0.2, 0) is 4.74 Å². The van der Waals surface area contributed by atoms with Crippen molar-refractivity contribution in [3.05, 3.63) is 24.0 Å². The van der Waals surface area contributed by atoms with Crippen molar-refractivity contribution in [2.24, 2.45) is 0 Å². The number of rotatable bonds is 17. The van der Waals surface area contributed by atoms with E-state index in [9.17, 15) is 10.2 Å². The summed E-state index contributed by atoms with van der Waals surface area (Å²) >= 11 is 0. The Morgan fingerprint density at radius 2 is 1.27 bits per heavy atom. The quantitative estimate of drug-likeness (QED) is 0.216. The van der Waals surface area contributed by atoms with Crippen LogP contribution < -0.4 is 0 Å². The van der Waals surface area contributed by atoms with Gasteiger partial charge in [0, 0.05) is 0 Å². The van der Waals surface area contributed by atoms with E-state index in [0.717, 1.165) is 12.8 Å². The second kappa shape index (κ2) is 15.3. The van der Waals surface area contributed by atoms with Crippen LogP contribution in [0.25, 0.3) is 0 Å². The van der Waals surface area contributed by atoms with Crippen molar-refractivity contribution in [1.82, 2.24) is 0 Å². The Bertz CT molecular complexity index is 389. The van der Waals surface area contributed by atoms with Crippen LogP contribution >= 0.6 is 0 Å². The Kier molecular flexibility index (Phi) is 13.7. The first-order valence-corrected chi connectivity index (χ1v) is 11.1. The topological polar surface area (TPSA) is 49.7 Å². The molecule has 3 heteroatoms. The molecule has 0 aliphatic heterocycles. The van der Waals surface area contributed by atoms with E-state index in [0.29, 0.717) is 6.61 Å². The van der Waals surface area contributed by atoms with Crippen LogP contribution in [0.3, 0.4) is 0 Å². The van der Waals surface area contributed by atoms with Gasteiger partial charge in [0.1, 0.15) is 0 Å². The molecule has 0 fully saturated rings. The summed E-state index contributed by atoms with van der Waals surface area (Å²) in [5.41, 5.74) is 0. The Hall–Kier alpha value is -0.800. The summed E-state index contributed by atoms with van der Waals surface area (Å²) in [6, 6.07) is 0. The number of hydrogen-bond donors (Lipinski definition) is 2. The maximum Gasteiger partial charge on any atom is 0.192 e. The largest absolute Gasteiger partial charge is 0.512 e. The maximum absolute atomic E-state index is 10.1. The molecular formula is C23H42O3. The molecule has 0 amide bonds. The van der Waals surface area contributed by atoms with Crippen LogP contribution in [0.2, 0.25) is 0 Å². The SMILES string of the molecule is CCCCCCCCCCCCCCCCCOC1(O)C=CC=C(O)C1. The van der Waals surface area contributed by atoms with Crippen LogP contribution in [0.15, 0.2) is 24.0 Å². The first-order chi connectivity index (χ1) is 12.7. The monoisotopic (exact) mass is 366 g/mol. The van der Waals surface area contributed by atoms with Gasteiger partial charge in [-0.05, 0) is 18.6 Å². The number of aliphatic hydroxyl groups is 2. The van der Waals surface area contributed by atoms with E-state index in [1.54, 1.807) is 18.2 Å². The molecule has 1 atom stereocenters. The molecule has 26 heavy (non-hydrogen) atoms. The second-order valence-corrected chi connectivity index (χ2v) is 7.84. The van der Waals surface area contributed by atoms with Gasteiger partial charge in [0.05, 0.1) is 18.8 Å². The highest BCUT2D eigenvalue weighted by Gasteiger charge is 2.27. The molecule has 0 aromatic rings. The van der Waals surface area contributed by atoms with Crippen LogP contribution in [0.4, 0.5) is 0 Å². The second-order valence-electron chi connectivity index (χ2n) is 7.84. The molecule has 0 saturated carbocycles. The zero-order chi connectivity index (χ0) is 18.9. The summed E-state index contributed by atoms with van der Waals surface area (Å²) in [4.78, 5) is 0. The van der Waals surface area contributed by atoms with E-state index in [2.05, 4.69) is 6.92 Å². The van der Waals surface area contributed by atoms with Crippen molar-refractivity contribution < 1.29 is 14.9 Å². The van der Waals surface area contributed by atoms with E-state index in [1.807, 2.05) is 0 Å². The van der Waals surface area contributed by atoms with Gasteiger partial charge < -0.3 is 14.9 Å². The van der Waals surface area contributed by atoms with Gasteiger partial charge in [-0.25, -0.2) is 0 Å². The molecule has 152 valence electrons. The molecule has 1 aliphatic carbocycles. The molecular weight excluding hydrogens is 324 g/mol. The fourth-order valence-electron chi connectivity index (χ4n) is 3.51. The highest BCUT2D eigenvalue weighted by molar-refractivity contribution is 5.18. The minimum absolute atomic E-state index is 0.155. The predicted octanol–water partition coefficient (Wildman–Crippen LogP) is 6.96. The zero-order valence-corrected chi connectivity index (χ0v) is 17.1. The highest BCUT2D eigenvalue weighted by atomic mass is 16.6. The molecule has 1 aliphatic rings. The van der Waals surface area contributed by atoms with Gasteiger partial charge in [0.2, 0.25) is 0 Å². The van der Waals surface area contributed by atoms with Crippen LogP contribution in [0, 0.1) is 0 Å². The van der Waals surface area contributed by atoms with Crippen molar-refractivity contribution in [1.29, 1.82) is 0 Å². The van der Waals surface area contributed by atoms with Crippen molar-refractivity contribution in [3.63, 3.8) is 0 Å². The minimum atomic E-state index is -1.31. The molecule has 1 unspecified atom stereocenters. The third-order valence-corrected chi connectivity index (χ3v) is 5.18. The molecule has 0 saturated heterocycles. The molecule has 0 spiro atoms. The third kappa shape index (κ3) is 12.5. The van der Waals surface area contributed by atoms with Crippen LogP contribution in [0.1, 0.15) is 110 Å². The van der Waals surface area contributed by atoms with Crippen molar-refractivity contribution in [2.75, 3.05) is 6.61 Å². The number of ether oxygens (including phenoxy) is 1. The Morgan fingerprint density at radius 1 is 0.808 bits per heavy atom. The number of aliphatic hydroxyl groups excluding tert-OH is 1. The lowest BCUT2D eigenvalue weighted by molar-refractivity contribution is -0.170. The Balaban J connectivity index is 1.77. The lowest BCUT2D eigenvalue weighted by atomic mass is 10.0. The lowest BCUT2D eigenvalue weighted by Crippen LogP contribution is -2.32. The summed E-state index contributed by atoms with van der Waals surface area (Å²) in [5.74, 6) is -1.14. The van der Waals surface area contributed by atoms with Crippen LogP contribution in [0.5, 0.6) is 0 Å². The summed E-state index contributed by atoms with van der Waals surface area (Å²) < 4.78 is 5.52. The van der Waals surface area contributed by atoms with Gasteiger partial charge in [-0.15, -0.1) is 0 Å². The van der Waals surface area contributed by atoms with Crippen LogP contribution in [-0.4, -0.2) is 22.6 Å². The van der Waals surface area contributed by atoms with Gasteiger partial charge >= 0.3 is 0 Å². The number of unbranched alkanes of at least 4 members (excludes halogenated alkanes) is 14. The number of allylic oxidation sites excluding steroid dienone is 2. The smallest absolute Gasteiger partial charge is 0.192 e. The summed E-state index contributed by atoms with van der Waals surface area (Å²) in [6.45, 7) is 2.82. The standard InChI is InChI=1S/C23H42O3/c1-2-3-4-5-6-7-8-9-10-11-12-13-14-15-16-20-26-23(25)19-17-18-22(24)21-23/h17-19,24-25H,2-16,20-21H2,1H3. The lowest BCUT2D eigenvalue weighted by Gasteiger charge is -2.26. The molecule has 0 aromatic carbocycles. The Morgan fingerprint density at radius 3 is 1.73 bits per heavy atom. The van der Waals surface area contributed by atoms with E-state index in [1.165, 1.54) is 83.5 Å². The van der Waals surface area contributed by atoms with E-state index < -0.39 is 5.79 Å². The van der Waals surface area contributed by atoms with Gasteiger partial charge in [-0.1, -0.05) is 103 Å². The first kappa shape index (κ1) is 23.2. The Labute approximate surface area is 161 Å².